The molecule has 2 heterocycles. The molecule has 0 atom stereocenters. The lowest BCUT2D eigenvalue weighted by molar-refractivity contribution is -0.142. The molecule has 1 aromatic carbocycles. The van der Waals surface area contributed by atoms with Gasteiger partial charge in [-0.3, -0.25) is 4.79 Å². The minimum Gasteiger partial charge on any atom is -0.385 e. The van der Waals surface area contributed by atoms with Gasteiger partial charge >= 0.3 is 6.18 Å². The lowest BCUT2D eigenvalue weighted by Gasteiger charge is -2.11. The molecule has 9 heteroatoms. The van der Waals surface area contributed by atoms with E-state index in [1.54, 1.807) is 37.4 Å². The first-order valence-corrected chi connectivity index (χ1v) is 8.20. The highest BCUT2D eigenvalue weighted by atomic mass is 19.4. The van der Waals surface area contributed by atoms with E-state index < -0.39 is 17.8 Å². The van der Waals surface area contributed by atoms with Crippen LogP contribution in [-0.4, -0.2) is 40.8 Å². The van der Waals surface area contributed by atoms with Crippen LogP contribution in [0, 0.1) is 0 Å². The van der Waals surface area contributed by atoms with Crippen LogP contribution in [0.25, 0.3) is 16.9 Å². The van der Waals surface area contributed by atoms with Crippen LogP contribution < -0.4 is 5.32 Å². The molecule has 0 aliphatic carbocycles. The Morgan fingerprint density at radius 3 is 2.67 bits per heavy atom. The van der Waals surface area contributed by atoms with Crippen molar-refractivity contribution in [2.24, 2.45) is 0 Å². The average molecular weight is 378 g/mol. The third-order valence-corrected chi connectivity index (χ3v) is 3.89. The molecule has 142 valence electrons. The molecule has 0 spiro atoms. The highest BCUT2D eigenvalue weighted by molar-refractivity contribution is 5.99. The Balaban J connectivity index is 2.06. The van der Waals surface area contributed by atoms with Crippen molar-refractivity contribution in [3.8, 4) is 11.3 Å². The van der Waals surface area contributed by atoms with Crippen LogP contribution in [0.1, 0.15) is 22.5 Å². The zero-order valence-electron chi connectivity index (χ0n) is 14.5. The smallest absolute Gasteiger partial charge is 0.385 e. The molecule has 3 aromatic rings. The fourth-order valence-electron chi connectivity index (χ4n) is 2.60. The molecule has 0 aliphatic heterocycles. The lowest BCUT2D eigenvalue weighted by atomic mass is 10.1. The van der Waals surface area contributed by atoms with Gasteiger partial charge in [0.05, 0.1) is 11.9 Å². The number of alkyl halides is 3. The second-order valence-electron chi connectivity index (χ2n) is 5.79. The topological polar surface area (TPSA) is 68.5 Å². The van der Waals surface area contributed by atoms with Crippen molar-refractivity contribution >= 4 is 11.6 Å². The summed E-state index contributed by atoms with van der Waals surface area (Å²) in [6.45, 7) is 0.790. The second kappa shape index (κ2) is 7.75. The van der Waals surface area contributed by atoms with E-state index in [9.17, 15) is 18.0 Å². The van der Waals surface area contributed by atoms with Gasteiger partial charge in [-0.2, -0.15) is 18.3 Å². The minimum absolute atomic E-state index is 0.0179. The lowest BCUT2D eigenvalue weighted by Crippen LogP contribution is -2.25. The highest BCUT2D eigenvalue weighted by Crippen LogP contribution is 2.32. The van der Waals surface area contributed by atoms with Gasteiger partial charge in [0.2, 0.25) is 0 Å². The number of rotatable bonds is 6. The van der Waals surface area contributed by atoms with E-state index in [0.717, 1.165) is 12.3 Å². The fraction of sp³-hybridized carbons (Fsp3) is 0.278. The van der Waals surface area contributed by atoms with Crippen molar-refractivity contribution in [3.63, 3.8) is 0 Å². The molecule has 0 unspecified atom stereocenters. The standard InChI is InChI=1S/C18H17F3N4O2/c1-27-9-5-8-22-17(26)13-11-23-25-15(18(19,20)21)10-14(24-16(13)25)12-6-3-2-4-7-12/h2-4,6-7,10-11H,5,8-9H2,1H3,(H,22,26). The van der Waals surface area contributed by atoms with Gasteiger partial charge in [-0.05, 0) is 12.5 Å². The van der Waals surface area contributed by atoms with Gasteiger partial charge in [0.15, 0.2) is 11.3 Å². The van der Waals surface area contributed by atoms with E-state index in [4.69, 9.17) is 4.74 Å². The van der Waals surface area contributed by atoms with E-state index in [0.29, 0.717) is 29.7 Å². The number of aromatic nitrogens is 3. The number of amides is 1. The van der Waals surface area contributed by atoms with Gasteiger partial charge in [-0.15, -0.1) is 0 Å². The van der Waals surface area contributed by atoms with E-state index in [1.807, 2.05) is 0 Å². The van der Waals surface area contributed by atoms with E-state index in [-0.39, 0.29) is 16.9 Å². The van der Waals surface area contributed by atoms with Crippen LogP contribution in [0.4, 0.5) is 13.2 Å². The third-order valence-electron chi connectivity index (χ3n) is 3.89. The molecular formula is C18H17F3N4O2. The van der Waals surface area contributed by atoms with Crippen molar-refractivity contribution in [3.05, 3.63) is 53.9 Å². The summed E-state index contributed by atoms with van der Waals surface area (Å²) < 4.78 is 46.1. The number of carbonyl (C=O) groups is 1. The first kappa shape index (κ1) is 18.8. The Morgan fingerprint density at radius 1 is 1.26 bits per heavy atom. The zero-order valence-corrected chi connectivity index (χ0v) is 14.5. The van der Waals surface area contributed by atoms with E-state index in [2.05, 4.69) is 15.4 Å². The maximum Gasteiger partial charge on any atom is 0.433 e. The number of hydrogen-bond donors (Lipinski definition) is 1. The highest BCUT2D eigenvalue weighted by Gasteiger charge is 2.36. The second-order valence-corrected chi connectivity index (χ2v) is 5.79. The average Bonchev–Trinajstić information content (AvgIpc) is 3.08. The summed E-state index contributed by atoms with van der Waals surface area (Å²) in [6, 6.07) is 9.39. The Bertz CT molecular complexity index is 939. The van der Waals surface area contributed by atoms with Gasteiger partial charge < -0.3 is 10.1 Å². The summed E-state index contributed by atoms with van der Waals surface area (Å²) in [4.78, 5) is 16.6. The monoisotopic (exact) mass is 378 g/mol. The molecule has 27 heavy (non-hydrogen) atoms. The largest absolute Gasteiger partial charge is 0.433 e. The van der Waals surface area contributed by atoms with E-state index in [1.165, 1.54) is 0 Å². The predicted octanol–water partition coefficient (Wildman–Crippen LogP) is 3.18. The first-order chi connectivity index (χ1) is 12.9. The van der Waals surface area contributed by atoms with E-state index >= 15 is 0 Å². The van der Waals surface area contributed by atoms with Crippen LogP contribution in [0.15, 0.2) is 42.6 Å². The number of halogens is 3. The Labute approximate surface area is 153 Å². The molecule has 2 aromatic heterocycles. The van der Waals surface area contributed by atoms with Crippen molar-refractivity contribution in [2.45, 2.75) is 12.6 Å². The molecular weight excluding hydrogens is 361 g/mol. The maximum absolute atomic E-state index is 13.5. The molecule has 3 rings (SSSR count). The van der Waals surface area contributed by atoms with Gasteiger partial charge in [-0.1, -0.05) is 30.3 Å². The quantitative estimate of drug-likeness (QED) is 0.669. The van der Waals surface area contributed by atoms with Crippen LogP contribution in [0.2, 0.25) is 0 Å². The van der Waals surface area contributed by atoms with Crippen LogP contribution in [0.3, 0.4) is 0 Å². The number of fused-ring (bicyclic) bond motifs is 1. The molecule has 1 amide bonds. The third kappa shape index (κ3) is 4.08. The Kier molecular flexibility index (Phi) is 5.41. The number of nitrogens with one attached hydrogen (secondary N) is 1. The molecule has 0 fully saturated rings. The molecule has 0 radical (unpaired) electrons. The molecule has 1 N–H and O–H groups in total. The minimum atomic E-state index is -4.65. The van der Waals surface area contributed by atoms with Gasteiger partial charge in [0.25, 0.3) is 5.91 Å². The number of hydrogen-bond acceptors (Lipinski definition) is 4. The summed E-state index contributed by atoms with van der Waals surface area (Å²) in [6.07, 6.45) is -2.97. The van der Waals surface area contributed by atoms with Gasteiger partial charge in [-0.25, -0.2) is 9.50 Å². The first-order valence-electron chi connectivity index (χ1n) is 8.20. The van der Waals surface area contributed by atoms with Crippen molar-refractivity contribution in [1.82, 2.24) is 19.9 Å². The van der Waals surface area contributed by atoms with Gasteiger partial charge in [0.1, 0.15) is 5.56 Å². The number of benzene rings is 1. The number of ether oxygens (including phenoxy) is 1. The van der Waals surface area contributed by atoms with Crippen LogP contribution >= 0.6 is 0 Å². The SMILES string of the molecule is COCCCNC(=O)c1cnn2c(C(F)(F)F)cc(-c3ccccc3)nc12. The number of methoxy groups -OCH3 is 1. The van der Waals surface area contributed by atoms with Crippen molar-refractivity contribution in [1.29, 1.82) is 0 Å². The van der Waals surface area contributed by atoms with Crippen LogP contribution in [0.5, 0.6) is 0 Å². The molecule has 0 aliphatic rings. The molecule has 0 saturated heterocycles. The summed E-state index contributed by atoms with van der Waals surface area (Å²) >= 11 is 0. The summed E-state index contributed by atoms with van der Waals surface area (Å²) in [5, 5.41) is 6.37. The van der Waals surface area contributed by atoms with Gasteiger partial charge in [0, 0.05) is 25.8 Å². The Morgan fingerprint density at radius 2 is 2.00 bits per heavy atom. The molecule has 0 bridgehead atoms. The van der Waals surface area contributed by atoms with Crippen molar-refractivity contribution in [2.75, 3.05) is 20.3 Å². The molecule has 0 saturated carbocycles. The predicted molar refractivity (Wildman–Crippen MR) is 92.3 cm³/mol. The number of nitrogens with zero attached hydrogens (tertiary/aromatic N) is 3. The van der Waals surface area contributed by atoms with Crippen molar-refractivity contribution < 1.29 is 22.7 Å². The zero-order chi connectivity index (χ0) is 19.4. The fourth-order valence-corrected chi connectivity index (χ4v) is 2.60. The number of carbonyl (C=O) groups excluding carboxylic acids is 1. The maximum atomic E-state index is 13.5. The summed E-state index contributed by atoms with van der Waals surface area (Å²) in [5.74, 6) is -0.535. The Hall–Kier alpha value is -2.94. The summed E-state index contributed by atoms with van der Waals surface area (Å²) in [7, 11) is 1.54. The normalized spacial score (nSPS) is 11.7. The molecule has 6 nitrogen and oxygen atoms in total. The summed E-state index contributed by atoms with van der Waals surface area (Å²) in [5.41, 5.74) is -0.532. The van der Waals surface area contributed by atoms with Crippen LogP contribution in [-0.2, 0) is 10.9 Å².